The van der Waals surface area contributed by atoms with E-state index < -0.39 is 13.0 Å². The molecule has 0 aliphatic carbocycles. The van der Waals surface area contributed by atoms with Crippen LogP contribution in [0.4, 0.5) is 8.78 Å². The molecule has 9 heteroatoms. The number of carbonyl (C=O) groups excluding carboxylic acids is 2. The SMILES string of the molecule is CCNC(=O)Cc1nccc2c1CN(Cc1cc(C)c(OCC(F)F)cn1)C2=O. The van der Waals surface area contributed by atoms with Gasteiger partial charge in [-0.15, -0.1) is 0 Å². The van der Waals surface area contributed by atoms with Crippen LogP contribution in [0.15, 0.2) is 24.5 Å². The summed E-state index contributed by atoms with van der Waals surface area (Å²) in [5.41, 5.74) is 3.15. The molecule has 2 aromatic heterocycles. The molecule has 3 rings (SSSR count). The molecule has 0 radical (unpaired) electrons. The van der Waals surface area contributed by atoms with Crippen molar-refractivity contribution in [3.63, 3.8) is 0 Å². The fourth-order valence-electron chi connectivity index (χ4n) is 3.22. The smallest absolute Gasteiger partial charge is 0.272 e. The van der Waals surface area contributed by atoms with Crippen molar-refractivity contribution in [2.45, 2.75) is 39.8 Å². The number of fused-ring (bicyclic) bond motifs is 1. The number of aromatic nitrogens is 2. The highest BCUT2D eigenvalue weighted by Gasteiger charge is 2.30. The first-order valence-electron chi connectivity index (χ1n) is 9.28. The fraction of sp³-hybridized carbons (Fsp3) is 0.400. The maximum Gasteiger partial charge on any atom is 0.272 e. The molecule has 2 aromatic rings. The van der Waals surface area contributed by atoms with E-state index in [1.165, 1.54) is 12.4 Å². The standard InChI is InChI=1S/C20H22F2N4O3/c1-3-23-19(27)7-16-15-10-26(20(28)14(15)4-5-24-16)9-13-6-12(2)17(8-25-13)29-11-18(21)22/h4-6,8,18H,3,7,9-11H2,1-2H3,(H,23,27). The molecule has 0 unspecified atom stereocenters. The maximum absolute atomic E-state index is 12.8. The van der Waals surface area contributed by atoms with E-state index in [0.717, 1.165) is 5.56 Å². The monoisotopic (exact) mass is 404 g/mol. The highest BCUT2D eigenvalue weighted by atomic mass is 19.3. The number of halogens is 2. The van der Waals surface area contributed by atoms with Gasteiger partial charge in [-0.1, -0.05) is 0 Å². The molecule has 7 nitrogen and oxygen atoms in total. The largest absolute Gasteiger partial charge is 0.486 e. The van der Waals surface area contributed by atoms with Crippen molar-refractivity contribution in [2.24, 2.45) is 0 Å². The van der Waals surface area contributed by atoms with Gasteiger partial charge in [0.1, 0.15) is 12.4 Å². The van der Waals surface area contributed by atoms with Gasteiger partial charge in [-0.25, -0.2) is 8.78 Å². The Bertz CT molecular complexity index is 921. The summed E-state index contributed by atoms with van der Waals surface area (Å²) in [6.07, 6.45) is 0.484. The first-order valence-corrected chi connectivity index (χ1v) is 9.28. The number of alkyl halides is 2. The minimum atomic E-state index is -2.56. The normalized spacial score (nSPS) is 13.0. The average Bonchev–Trinajstić information content (AvgIpc) is 2.98. The number of hydrogen-bond donors (Lipinski definition) is 1. The molecule has 154 valence electrons. The lowest BCUT2D eigenvalue weighted by molar-refractivity contribution is -0.120. The van der Waals surface area contributed by atoms with Crippen LogP contribution in [0.1, 0.15) is 39.8 Å². The van der Waals surface area contributed by atoms with Crippen molar-refractivity contribution >= 4 is 11.8 Å². The molecule has 0 fully saturated rings. The van der Waals surface area contributed by atoms with E-state index in [-0.39, 0.29) is 24.8 Å². The number of ether oxygens (including phenoxy) is 1. The van der Waals surface area contributed by atoms with Crippen LogP contribution in [0, 0.1) is 6.92 Å². The lowest BCUT2D eigenvalue weighted by Crippen LogP contribution is -2.25. The van der Waals surface area contributed by atoms with Gasteiger partial charge < -0.3 is 15.0 Å². The van der Waals surface area contributed by atoms with Gasteiger partial charge in [0.2, 0.25) is 5.91 Å². The molecule has 0 spiro atoms. The van der Waals surface area contributed by atoms with Crippen LogP contribution < -0.4 is 10.1 Å². The zero-order valence-corrected chi connectivity index (χ0v) is 16.2. The third kappa shape index (κ3) is 4.85. The summed E-state index contributed by atoms with van der Waals surface area (Å²) >= 11 is 0. The molecule has 29 heavy (non-hydrogen) atoms. The Labute approximate surface area is 167 Å². The number of likely N-dealkylation sites (N-methyl/N-ethyl adjacent to an activating group) is 1. The first kappa shape index (κ1) is 20.6. The van der Waals surface area contributed by atoms with Crippen molar-refractivity contribution < 1.29 is 23.1 Å². The number of aryl methyl sites for hydroxylation is 1. The Kier molecular flexibility index (Phi) is 6.36. The van der Waals surface area contributed by atoms with Crippen LogP contribution in [0.25, 0.3) is 0 Å². The molecule has 0 aromatic carbocycles. The van der Waals surface area contributed by atoms with Gasteiger partial charge in [-0.2, -0.15) is 0 Å². The van der Waals surface area contributed by atoms with Crippen molar-refractivity contribution in [1.82, 2.24) is 20.2 Å². The maximum atomic E-state index is 12.8. The second-order valence-electron chi connectivity index (χ2n) is 6.72. The summed E-state index contributed by atoms with van der Waals surface area (Å²) in [5, 5.41) is 2.73. The highest BCUT2D eigenvalue weighted by molar-refractivity contribution is 5.98. The van der Waals surface area contributed by atoms with Gasteiger partial charge in [0.05, 0.1) is 30.6 Å². The van der Waals surface area contributed by atoms with Crippen LogP contribution >= 0.6 is 0 Å². The number of nitrogens with zero attached hydrogens (tertiary/aromatic N) is 3. The molecule has 0 saturated heterocycles. The van der Waals surface area contributed by atoms with Crippen LogP contribution in [0.2, 0.25) is 0 Å². The molecule has 1 N–H and O–H groups in total. The predicted octanol–water partition coefficient (Wildman–Crippen LogP) is 2.26. The van der Waals surface area contributed by atoms with Crippen LogP contribution in [-0.2, 0) is 24.3 Å². The molecule has 2 amide bonds. The minimum absolute atomic E-state index is 0.117. The van der Waals surface area contributed by atoms with Crippen molar-refractivity contribution in [3.8, 4) is 5.75 Å². The van der Waals surface area contributed by atoms with Crippen LogP contribution in [0.3, 0.4) is 0 Å². The molecule has 1 aliphatic heterocycles. The summed E-state index contributed by atoms with van der Waals surface area (Å²) in [4.78, 5) is 34.8. The lowest BCUT2D eigenvalue weighted by atomic mass is 10.1. The van der Waals surface area contributed by atoms with Gasteiger partial charge in [0, 0.05) is 30.4 Å². The third-order valence-electron chi connectivity index (χ3n) is 4.55. The Morgan fingerprint density at radius 2 is 2.17 bits per heavy atom. The summed E-state index contributed by atoms with van der Waals surface area (Å²) in [5.74, 6) is -0.00786. The van der Waals surface area contributed by atoms with E-state index in [1.807, 2.05) is 6.92 Å². The van der Waals surface area contributed by atoms with E-state index in [4.69, 9.17) is 4.74 Å². The second kappa shape index (κ2) is 8.93. The molecule has 0 bridgehead atoms. The van der Waals surface area contributed by atoms with Crippen LogP contribution in [-0.4, -0.2) is 46.3 Å². The lowest BCUT2D eigenvalue weighted by Gasteiger charge is -2.16. The van der Waals surface area contributed by atoms with E-state index in [2.05, 4.69) is 15.3 Å². The van der Waals surface area contributed by atoms with Gasteiger partial charge in [0.25, 0.3) is 12.3 Å². The molecular formula is C20H22F2N4O3. The second-order valence-corrected chi connectivity index (χ2v) is 6.72. The number of rotatable bonds is 8. The van der Waals surface area contributed by atoms with Crippen LogP contribution in [0.5, 0.6) is 5.75 Å². The molecule has 0 saturated carbocycles. The van der Waals surface area contributed by atoms with E-state index >= 15 is 0 Å². The van der Waals surface area contributed by atoms with Gasteiger partial charge >= 0.3 is 0 Å². The van der Waals surface area contributed by atoms with Gasteiger partial charge in [-0.3, -0.25) is 19.6 Å². The number of amides is 2. The first-order chi connectivity index (χ1) is 13.9. The quantitative estimate of drug-likeness (QED) is 0.730. The predicted molar refractivity (Wildman–Crippen MR) is 101 cm³/mol. The van der Waals surface area contributed by atoms with Gasteiger partial charge in [0.15, 0.2) is 0 Å². The number of pyridine rings is 2. The third-order valence-corrected chi connectivity index (χ3v) is 4.55. The Morgan fingerprint density at radius 3 is 2.86 bits per heavy atom. The molecular weight excluding hydrogens is 382 g/mol. The molecule has 0 atom stereocenters. The van der Waals surface area contributed by atoms with E-state index in [0.29, 0.717) is 41.4 Å². The van der Waals surface area contributed by atoms with Crippen molar-refractivity contribution in [2.75, 3.05) is 13.2 Å². The summed E-state index contributed by atoms with van der Waals surface area (Å²) in [6, 6.07) is 3.36. The fourth-order valence-corrected chi connectivity index (χ4v) is 3.22. The minimum Gasteiger partial charge on any atom is -0.486 e. The van der Waals surface area contributed by atoms with Crippen molar-refractivity contribution in [3.05, 3.63) is 52.6 Å². The summed E-state index contributed by atoms with van der Waals surface area (Å²) < 4.78 is 29.6. The van der Waals surface area contributed by atoms with Crippen molar-refractivity contribution in [1.29, 1.82) is 0 Å². The average molecular weight is 404 g/mol. The Morgan fingerprint density at radius 1 is 1.38 bits per heavy atom. The zero-order valence-electron chi connectivity index (χ0n) is 16.2. The Hall–Kier alpha value is -3.10. The van der Waals surface area contributed by atoms with E-state index in [1.54, 1.807) is 24.0 Å². The number of hydrogen-bond acceptors (Lipinski definition) is 5. The number of nitrogens with one attached hydrogen (secondary N) is 1. The van der Waals surface area contributed by atoms with Gasteiger partial charge in [-0.05, 0) is 31.5 Å². The molecule has 1 aliphatic rings. The number of carbonyl (C=O) groups is 2. The molecule has 3 heterocycles. The summed E-state index contributed by atoms with van der Waals surface area (Å²) in [6.45, 7) is 4.00. The Balaban J connectivity index is 1.72. The topological polar surface area (TPSA) is 84.4 Å². The highest BCUT2D eigenvalue weighted by Crippen LogP contribution is 2.27. The zero-order chi connectivity index (χ0) is 21.0. The summed E-state index contributed by atoms with van der Waals surface area (Å²) in [7, 11) is 0. The van der Waals surface area contributed by atoms with E-state index in [9.17, 15) is 18.4 Å².